The van der Waals surface area contributed by atoms with E-state index < -0.39 is 10.0 Å². The van der Waals surface area contributed by atoms with Crippen molar-refractivity contribution in [1.82, 2.24) is 9.62 Å². The molecule has 0 radical (unpaired) electrons. The highest BCUT2D eigenvalue weighted by Crippen LogP contribution is 2.22. The highest BCUT2D eigenvalue weighted by Gasteiger charge is 2.28. The van der Waals surface area contributed by atoms with Crippen molar-refractivity contribution in [3.8, 4) is 0 Å². The second-order valence-electron chi connectivity index (χ2n) is 5.23. The Kier molecular flexibility index (Phi) is 4.88. The van der Waals surface area contributed by atoms with Crippen molar-refractivity contribution < 1.29 is 8.42 Å². The van der Waals surface area contributed by atoms with E-state index in [0.717, 1.165) is 10.8 Å². The zero-order valence-corrected chi connectivity index (χ0v) is 13.5. The van der Waals surface area contributed by atoms with Gasteiger partial charge in [-0.3, -0.25) is 0 Å². The first kappa shape index (κ1) is 16.2. The van der Waals surface area contributed by atoms with E-state index in [4.69, 9.17) is 0 Å². The van der Waals surface area contributed by atoms with Crippen molar-refractivity contribution >= 4 is 33.2 Å². The summed E-state index contributed by atoms with van der Waals surface area (Å²) in [6.07, 6.45) is 0. The fourth-order valence-electron chi connectivity index (χ4n) is 2.59. The van der Waals surface area contributed by atoms with Crippen LogP contribution in [0.2, 0.25) is 0 Å². The Morgan fingerprint density at radius 2 is 1.86 bits per heavy atom. The van der Waals surface area contributed by atoms with Crippen molar-refractivity contribution in [2.45, 2.75) is 17.9 Å². The summed E-state index contributed by atoms with van der Waals surface area (Å²) in [5.74, 6) is 0. The van der Waals surface area contributed by atoms with E-state index in [9.17, 15) is 8.42 Å². The van der Waals surface area contributed by atoms with Crippen molar-refractivity contribution in [1.29, 1.82) is 0 Å². The molecule has 4 nitrogen and oxygen atoms in total. The first-order valence-corrected chi connectivity index (χ1v) is 8.24. The largest absolute Gasteiger partial charge is 0.312 e. The van der Waals surface area contributed by atoms with Crippen LogP contribution in [0.25, 0.3) is 10.8 Å². The van der Waals surface area contributed by atoms with Gasteiger partial charge in [-0.05, 0) is 29.8 Å². The van der Waals surface area contributed by atoms with Crippen LogP contribution in [-0.2, 0) is 10.0 Å². The Labute approximate surface area is 131 Å². The van der Waals surface area contributed by atoms with Crippen LogP contribution in [-0.4, -0.2) is 38.4 Å². The van der Waals surface area contributed by atoms with Crippen LogP contribution < -0.4 is 5.32 Å². The summed E-state index contributed by atoms with van der Waals surface area (Å²) in [7, 11) is -3.39. The molecule has 1 aliphatic rings. The fraction of sp³-hybridized carbons (Fsp3) is 0.333. The summed E-state index contributed by atoms with van der Waals surface area (Å²) in [5.41, 5.74) is 0. The van der Waals surface area contributed by atoms with Crippen LogP contribution in [0.3, 0.4) is 0 Å². The van der Waals surface area contributed by atoms with E-state index in [-0.39, 0.29) is 18.4 Å². The number of piperazine rings is 1. The molecule has 0 amide bonds. The van der Waals surface area contributed by atoms with Gasteiger partial charge in [-0.2, -0.15) is 4.31 Å². The third-order valence-electron chi connectivity index (χ3n) is 3.69. The number of halogens is 1. The molecule has 114 valence electrons. The molecule has 0 aliphatic carbocycles. The molecular weight excluding hydrogens is 308 g/mol. The van der Waals surface area contributed by atoms with E-state index in [0.29, 0.717) is 24.5 Å². The van der Waals surface area contributed by atoms with Crippen LogP contribution in [0.1, 0.15) is 6.92 Å². The summed E-state index contributed by atoms with van der Waals surface area (Å²) in [6.45, 7) is 3.75. The van der Waals surface area contributed by atoms with Gasteiger partial charge in [0.2, 0.25) is 10.0 Å². The smallest absolute Gasteiger partial charge is 0.243 e. The lowest BCUT2D eigenvalue weighted by molar-refractivity contribution is 0.310. The van der Waals surface area contributed by atoms with Gasteiger partial charge in [0, 0.05) is 25.7 Å². The lowest BCUT2D eigenvalue weighted by Gasteiger charge is -2.31. The van der Waals surface area contributed by atoms with Crippen molar-refractivity contribution in [3.05, 3.63) is 42.5 Å². The minimum Gasteiger partial charge on any atom is -0.312 e. The molecule has 0 bridgehead atoms. The number of benzene rings is 2. The molecule has 1 saturated heterocycles. The second-order valence-corrected chi connectivity index (χ2v) is 7.17. The van der Waals surface area contributed by atoms with Crippen molar-refractivity contribution in [2.75, 3.05) is 19.6 Å². The predicted octanol–water partition coefficient (Wildman–Crippen LogP) is 2.24. The molecular formula is C15H19ClN2O2S. The maximum Gasteiger partial charge on any atom is 0.243 e. The molecule has 0 aromatic heterocycles. The minimum absolute atomic E-state index is 0. The summed E-state index contributed by atoms with van der Waals surface area (Å²) < 4.78 is 26.9. The lowest BCUT2D eigenvalue weighted by atomic mass is 10.1. The maximum absolute atomic E-state index is 12.7. The average Bonchev–Trinajstić information content (AvgIpc) is 2.46. The molecule has 2 aromatic rings. The second kappa shape index (κ2) is 6.32. The molecule has 0 saturated carbocycles. The van der Waals surface area contributed by atoms with Gasteiger partial charge < -0.3 is 5.32 Å². The van der Waals surface area contributed by atoms with E-state index in [1.807, 2.05) is 37.3 Å². The summed E-state index contributed by atoms with van der Waals surface area (Å²) in [6, 6.07) is 13.3. The molecule has 3 rings (SSSR count). The molecule has 0 unspecified atom stereocenters. The standard InChI is InChI=1S/C15H18N2O2S.ClH/c1-12-11-17(9-8-16-12)20(18,19)15-7-6-13-4-2-3-5-14(13)10-15;/h2-7,10,12,16H,8-9,11H2,1H3;1H/t12-;/m1./s1. The zero-order valence-electron chi connectivity index (χ0n) is 11.8. The average molecular weight is 327 g/mol. The van der Waals surface area contributed by atoms with E-state index in [1.54, 1.807) is 16.4 Å². The number of hydrogen-bond acceptors (Lipinski definition) is 3. The van der Waals surface area contributed by atoms with Gasteiger partial charge >= 0.3 is 0 Å². The fourth-order valence-corrected chi connectivity index (χ4v) is 4.16. The van der Waals surface area contributed by atoms with Gasteiger partial charge in [0.1, 0.15) is 0 Å². The zero-order chi connectivity index (χ0) is 14.2. The molecule has 1 atom stereocenters. The van der Waals surface area contributed by atoms with Crippen LogP contribution in [0, 0.1) is 0 Å². The summed E-state index contributed by atoms with van der Waals surface area (Å²) >= 11 is 0. The van der Waals surface area contributed by atoms with Crippen LogP contribution in [0.5, 0.6) is 0 Å². The summed E-state index contributed by atoms with van der Waals surface area (Å²) in [5, 5.41) is 5.27. The molecule has 0 spiro atoms. The first-order valence-electron chi connectivity index (χ1n) is 6.80. The molecule has 2 aromatic carbocycles. The first-order chi connectivity index (χ1) is 9.57. The Balaban J connectivity index is 0.00000161. The topological polar surface area (TPSA) is 49.4 Å². The Morgan fingerprint density at radius 1 is 1.14 bits per heavy atom. The molecule has 21 heavy (non-hydrogen) atoms. The highest BCUT2D eigenvalue weighted by atomic mass is 35.5. The summed E-state index contributed by atoms with van der Waals surface area (Å²) in [4.78, 5) is 0.380. The molecule has 6 heteroatoms. The SMILES string of the molecule is C[C@@H]1CN(S(=O)(=O)c2ccc3ccccc3c2)CCN1.Cl. The van der Waals surface area contributed by atoms with E-state index in [1.165, 1.54) is 0 Å². The quantitative estimate of drug-likeness (QED) is 0.921. The normalized spacial score (nSPS) is 20.1. The number of rotatable bonds is 2. The third kappa shape index (κ3) is 3.21. The van der Waals surface area contributed by atoms with Crippen molar-refractivity contribution in [3.63, 3.8) is 0 Å². The van der Waals surface area contributed by atoms with Gasteiger partial charge in [0.15, 0.2) is 0 Å². The Hall–Kier alpha value is -1.14. The highest BCUT2D eigenvalue weighted by molar-refractivity contribution is 7.89. The molecule has 1 fully saturated rings. The minimum atomic E-state index is -3.39. The van der Waals surface area contributed by atoms with Gasteiger partial charge in [0.25, 0.3) is 0 Å². The molecule has 1 aliphatic heterocycles. The number of nitrogens with zero attached hydrogens (tertiary/aromatic N) is 1. The molecule has 1 heterocycles. The van der Waals surface area contributed by atoms with Gasteiger partial charge in [-0.15, -0.1) is 12.4 Å². The Bertz CT molecular complexity index is 733. The Morgan fingerprint density at radius 3 is 2.57 bits per heavy atom. The predicted molar refractivity (Wildman–Crippen MR) is 87.4 cm³/mol. The number of nitrogens with one attached hydrogen (secondary N) is 1. The van der Waals surface area contributed by atoms with Gasteiger partial charge in [-0.25, -0.2) is 8.42 Å². The lowest BCUT2D eigenvalue weighted by Crippen LogP contribution is -2.51. The van der Waals surface area contributed by atoms with Crippen molar-refractivity contribution in [2.24, 2.45) is 0 Å². The van der Waals surface area contributed by atoms with Crippen LogP contribution >= 0.6 is 12.4 Å². The number of hydrogen-bond donors (Lipinski definition) is 1. The maximum atomic E-state index is 12.7. The third-order valence-corrected chi connectivity index (χ3v) is 5.55. The van der Waals surface area contributed by atoms with Crippen LogP contribution in [0.15, 0.2) is 47.4 Å². The van der Waals surface area contributed by atoms with Gasteiger partial charge in [-0.1, -0.05) is 30.3 Å². The van der Waals surface area contributed by atoms with Gasteiger partial charge in [0.05, 0.1) is 4.90 Å². The molecule has 1 N–H and O–H groups in total. The number of fused-ring (bicyclic) bond motifs is 1. The van der Waals surface area contributed by atoms with E-state index in [2.05, 4.69) is 5.32 Å². The van der Waals surface area contributed by atoms with Crippen LogP contribution in [0.4, 0.5) is 0 Å². The number of sulfonamides is 1. The van der Waals surface area contributed by atoms with E-state index >= 15 is 0 Å². The monoisotopic (exact) mass is 326 g/mol.